The highest BCUT2D eigenvalue weighted by atomic mass is 16.2. The molecule has 5 nitrogen and oxygen atoms in total. The van der Waals surface area contributed by atoms with Gasteiger partial charge in [0, 0.05) is 14.1 Å². The Morgan fingerprint density at radius 2 is 1.83 bits per heavy atom. The summed E-state index contributed by atoms with van der Waals surface area (Å²) >= 11 is 0. The Hall–Kier alpha value is -2.82. The largest absolute Gasteiger partial charge is 0.349 e. The van der Waals surface area contributed by atoms with Crippen LogP contribution in [0.2, 0.25) is 0 Å². The number of carbonyl (C=O) groups excluding carboxylic acids is 1. The summed E-state index contributed by atoms with van der Waals surface area (Å²) in [5.74, 6) is 0.0615. The maximum atomic E-state index is 12.1. The van der Waals surface area contributed by atoms with Crippen molar-refractivity contribution in [3.05, 3.63) is 70.1 Å². The number of rotatable bonds is 4. The topological polar surface area (TPSA) is 58.1 Å². The lowest BCUT2D eigenvalue weighted by Crippen LogP contribution is -2.23. The standard InChI is InChI=1S/C18H19N3O2/c1-20(2)17(22)11-13-6-5-7-14(10-13)12-21-16-9-4-3-8-15(16)19-18(21)23/h3-10H,11-12H2,1-2H3,(H,19,23). The van der Waals surface area contributed by atoms with Crippen LogP contribution < -0.4 is 5.69 Å². The summed E-state index contributed by atoms with van der Waals surface area (Å²) in [6, 6.07) is 15.4. The lowest BCUT2D eigenvalue weighted by molar-refractivity contribution is -0.127. The van der Waals surface area contributed by atoms with Crippen LogP contribution >= 0.6 is 0 Å². The summed E-state index contributed by atoms with van der Waals surface area (Å²) in [5.41, 5.74) is 3.54. The Kier molecular flexibility index (Phi) is 4.02. The molecule has 0 aliphatic heterocycles. The van der Waals surface area contributed by atoms with Crippen LogP contribution in [0.3, 0.4) is 0 Å². The summed E-state index contributed by atoms with van der Waals surface area (Å²) in [6.07, 6.45) is 0.365. The fourth-order valence-electron chi connectivity index (χ4n) is 2.62. The van der Waals surface area contributed by atoms with E-state index in [-0.39, 0.29) is 11.6 Å². The molecule has 3 rings (SSSR count). The first-order valence-corrected chi connectivity index (χ1v) is 7.50. The normalized spacial score (nSPS) is 10.9. The molecule has 0 unspecified atom stereocenters. The van der Waals surface area contributed by atoms with Gasteiger partial charge in [0.1, 0.15) is 0 Å². The molecule has 0 spiro atoms. The van der Waals surface area contributed by atoms with Gasteiger partial charge >= 0.3 is 5.69 Å². The number of amides is 1. The SMILES string of the molecule is CN(C)C(=O)Cc1cccc(Cn2c(=O)[nH]c3ccccc32)c1. The van der Waals surface area contributed by atoms with Crippen LogP contribution in [0.5, 0.6) is 0 Å². The quantitative estimate of drug-likeness (QED) is 0.801. The predicted octanol–water partition coefficient (Wildman–Crippen LogP) is 2.01. The molecule has 0 atom stereocenters. The lowest BCUT2D eigenvalue weighted by atomic mass is 10.1. The Bertz CT molecular complexity index is 906. The van der Waals surface area contributed by atoms with Crippen molar-refractivity contribution in [3.8, 4) is 0 Å². The summed E-state index contributed by atoms with van der Waals surface area (Å²) in [5, 5.41) is 0. The minimum atomic E-state index is -0.124. The number of imidazole rings is 1. The molecule has 1 aromatic heterocycles. The van der Waals surface area contributed by atoms with Crippen LogP contribution in [0.15, 0.2) is 53.3 Å². The molecule has 0 aliphatic carbocycles. The van der Waals surface area contributed by atoms with Gasteiger partial charge in [-0.25, -0.2) is 4.79 Å². The van der Waals surface area contributed by atoms with Crippen molar-refractivity contribution in [3.63, 3.8) is 0 Å². The van der Waals surface area contributed by atoms with E-state index in [4.69, 9.17) is 0 Å². The van der Waals surface area contributed by atoms with Crippen molar-refractivity contribution in [2.75, 3.05) is 14.1 Å². The third kappa shape index (κ3) is 3.18. The van der Waals surface area contributed by atoms with Crippen LogP contribution in [-0.2, 0) is 17.8 Å². The monoisotopic (exact) mass is 309 g/mol. The molecule has 0 radical (unpaired) electrons. The van der Waals surface area contributed by atoms with Crippen molar-refractivity contribution in [1.29, 1.82) is 0 Å². The van der Waals surface area contributed by atoms with Gasteiger partial charge in [-0.1, -0.05) is 36.4 Å². The summed E-state index contributed by atoms with van der Waals surface area (Å²) < 4.78 is 1.71. The molecule has 0 aliphatic rings. The van der Waals surface area contributed by atoms with Gasteiger partial charge in [-0.3, -0.25) is 9.36 Å². The first-order chi connectivity index (χ1) is 11.0. The fourth-order valence-corrected chi connectivity index (χ4v) is 2.62. The van der Waals surface area contributed by atoms with E-state index >= 15 is 0 Å². The van der Waals surface area contributed by atoms with Crippen molar-refractivity contribution in [2.45, 2.75) is 13.0 Å². The summed E-state index contributed by atoms with van der Waals surface area (Å²) in [4.78, 5) is 28.4. The molecule has 1 amide bonds. The first-order valence-electron chi connectivity index (χ1n) is 7.50. The van der Waals surface area contributed by atoms with E-state index in [0.29, 0.717) is 13.0 Å². The van der Waals surface area contributed by atoms with Crippen LogP contribution in [0.4, 0.5) is 0 Å². The number of fused-ring (bicyclic) bond motifs is 1. The number of H-pyrrole nitrogens is 1. The van der Waals surface area contributed by atoms with E-state index in [9.17, 15) is 9.59 Å². The highest BCUT2D eigenvalue weighted by Crippen LogP contribution is 2.13. The molecule has 0 saturated heterocycles. The van der Waals surface area contributed by atoms with Crippen LogP contribution in [0.25, 0.3) is 11.0 Å². The van der Waals surface area contributed by atoms with Crippen molar-refractivity contribution < 1.29 is 4.79 Å². The number of hydrogen-bond acceptors (Lipinski definition) is 2. The number of hydrogen-bond donors (Lipinski definition) is 1. The Balaban J connectivity index is 1.89. The number of aromatic amines is 1. The molecule has 1 N–H and O–H groups in total. The molecule has 0 saturated carbocycles. The Labute approximate surface area is 134 Å². The zero-order valence-electron chi connectivity index (χ0n) is 13.2. The van der Waals surface area contributed by atoms with Gasteiger partial charge < -0.3 is 9.88 Å². The molecular formula is C18H19N3O2. The Morgan fingerprint density at radius 1 is 1.09 bits per heavy atom. The zero-order chi connectivity index (χ0) is 16.4. The molecule has 23 heavy (non-hydrogen) atoms. The second-order valence-corrected chi connectivity index (χ2v) is 5.82. The van der Waals surface area contributed by atoms with Gasteiger partial charge in [-0.15, -0.1) is 0 Å². The molecule has 0 bridgehead atoms. The predicted molar refractivity (Wildman–Crippen MR) is 90.5 cm³/mol. The number of benzene rings is 2. The number of nitrogens with zero attached hydrogens (tertiary/aromatic N) is 2. The minimum Gasteiger partial charge on any atom is -0.349 e. The molecule has 3 aromatic rings. The van der Waals surface area contributed by atoms with Gasteiger partial charge in [0.15, 0.2) is 0 Å². The highest BCUT2D eigenvalue weighted by molar-refractivity contribution is 5.78. The number of carbonyl (C=O) groups is 1. The minimum absolute atomic E-state index is 0.0615. The van der Waals surface area contributed by atoms with Crippen molar-refractivity contribution in [2.24, 2.45) is 0 Å². The Morgan fingerprint density at radius 3 is 2.61 bits per heavy atom. The second kappa shape index (κ2) is 6.12. The number of aromatic nitrogens is 2. The van der Waals surface area contributed by atoms with Crippen molar-refractivity contribution >= 4 is 16.9 Å². The van der Waals surface area contributed by atoms with Crippen LogP contribution in [0, 0.1) is 0 Å². The van der Waals surface area contributed by atoms with Gasteiger partial charge in [-0.05, 0) is 23.3 Å². The maximum Gasteiger partial charge on any atom is 0.326 e. The lowest BCUT2D eigenvalue weighted by Gasteiger charge is -2.11. The molecular weight excluding hydrogens is 290 g/mol. The molecule has 5 heteroatoms. The highest BCUT2D eigenvalue weighted by Gasteiger charge is 2.09. The fraction of sp³-hybridized carbons (Fsp3) is 0.222. The first kappa shape index (κ1) is 15.1. The second-order valence-electron chi connectivity index (χ2n) is 5.82. The van der Waals surface area contributed by atoms with E-state index in [1.807, 2.05) is 48.5 Å². The van der Waals surface area contributed by atoms with Gasteiger partial charge in [0.25, 0.3) is 0 Å². The van der Waals surface area contributed by atoms with Gasteiger partial charge in [-0.2, -0.15) is 0 Å². The molecule has 0 fully saturated rings. The number of likely N-dealkylation sites (N-methyl/N-ethyl adjacent to an activating group) is 1. The van der Waals surface area contributed by atoms with Crippen molar-refractivity contribution in [1.82, 2.24) is 14.5 Å². The van der Waals surface area contributed by atoms with E-state index in [1.165, 1.54) is 0 Å². The maximum absolute atomic E-state index is 12.1. The third-order valence-electron chi connectivity index (χ3n) is 3.87. The number of nitrogens with one attached hydrogen (secondary N) is 1. The third-order valence-corrected chi connectivity index (χ3v) is 3.87. The van der Waals surface area contributed by atoms with Crippen LogP contribution in [-0.4, -0.2) is 34.5 Å². The summed E-state index contributed by atoms with van der Waals surface area (Å²) in [7, 11) is 3.50. The van der Waals surface area contributed by atoms with Gasteiger partial charge in [0.05, 0.1) is 24.0 Å². The zero-order valence-corrected chi connectivity index (χ0v) is 13.2. The summed E-state index contributed by atoms with van der Waals surface area (Å²) in [6.45, 7) is 0.479. The average Bonchev–Trinajstić information content (AvgIpc) is 2.84. The van der Waals surface area contributed by atoms with Gasteiger partial charge in [0.2, 0.25) is 5.91 Å². The molecule has 1 heterocycles. The van der Waals surface area contributed by atoms with Crippen LogP contribution in [0.1, 0.15) is 11.1 Å². The van der Waals surface area contributed by atoms with E-state index in [0.717, 1.165) is 22.2 Å². The van der Waals surface area contributed by atoms with E-state index in [1.54, 1.807) is 23.6 Å². The van der Waals surface area contributed by atoms with E-state index in [2.05, 4.69) is 4.98 Å². The smallest absolute Gasteiger partial charge is 0.326 e. The number of para-hydroxylation sites is 2. The average molecular weight is 309 g/mol. The molecule has 2 aromatic carbocycles. The van der Waals surface area contributed by atoms with E-state index < -0.39 is 0 Å². The molecule has 118 valence electrons.